The van der Waals surface area contributed by atoms with Crippen LogP contribution < -0.4 is 10.6 Å². The number of nitrogens with zero attached hydrogens (tertiary/aromatic N) is 2. The van der Waals surface area contributed by atoms with Crippen LogP contribution in [0, 0.1) is 11.8 Å². The first-order valence-electron chi connectivity index (χ1n) is 7.69. The summed E-state index contributed by atoms with van der Waals surface area (Å²) in [5, 5.41) is 7.04. The zero-order chi connectivity index (χ0) is 14.4. The van der Waals surface area contributed by atoms with Crippen molar-refractivity contribution in [2.75, 3.05) is 23.7 Å². The number of aromatic nitrogens is 2. The molecule has 0 aliphatic heterocycles. The Balaban J connectivity index is 1.82. The minimum atomic E-state index is 0.587. The van der Waals surface area contributed by atoms with Gasteiger partial charge in [-0.3, -0.25) is 0 Å². The molecule has 1 aliphatic rings. The SMILES string of the molecule is CCNc1ncc(Cl)c(NCCC2CCCC(C)C2)n1. The second-order valence-corrected chi connectivity index (χ2v) is 6.18. The third-order valence-electron chi connectivity index (χ3n) is 3.97. The summed E-state index contributed by atoms with van der Waals surface area (Å²) in [7, 11) is 0. The van der Waals surface area contributed by atoms with E-state index in [2.05, 4.69) is 27.5 Å². The molecule has 0 bridgehead atoms. The molecule has 112 valence electrons. The minimum Gasteiger partial charge on any atom is -0.369 e. The molecule has 2 atom stereocenters. The van der Waals surface area contributed by atoms with E-state index in [-0.39, 0.29) is 0 Å². The van der Waals surface area contributed by atoms with Crippen LogP contribution in [0.2, 0.25) is 5.02 Å². The Morgan fingerprint density at radius 1 is 1.35 bits per heavy atom. The van der Waals surface area contributed by atoms with Crippen LogP contribution in [-0.2, 0) is 0 Å². The van der Waals surface area contributed by atoms with E-state index in [1.54, 1.807) is 6.20 Å². The van der Waals surface area contributed by atoms with Crippen molar-refractivity contribution >= 4 is 23.4 Å². The summed E-state index contributed by atoms with van der Waals surface area (Å²) < 4.78 is 0. The van der Waals surface area contributed by atoms with E-state index in [4.69, 9.17) is 11.6 Å². The maximum absolute atomic E-state index is 6.13. The van der Waals surface area contributed by atoms with Crippen molar-refractivity contribution in [3.63, 3.8) is 0 Å². The van der Waals surface area contributed by atoms with Crippen molar-refractivity contribution in [3.8, 4) is 0 Å². The quantitative estimate of drug-likeness (QED) is 0.826. The van der Waals surface area contributed by atoms with Crippen LogP contribution in [0.3, 0.4) is 0 Å². The van der Waals surface area contributed by atoms with E-state index in [1.807, 2.05) is 6.92 Å². The zero-order valence-electron chi connectivity index (χ0n) is 12.5. The first kappa shape index (κ1) is 15.4. The summed E-state index contributed by atoms with van der Waals surface area (Å²) in [6.45, 7) is 6.12. The Morgan fingerprint density at radius 3 is 2.95 bits per heavy atom. The van der Waals surface area contributed by atoms with Crippen LogP contribution >= 0.6 is 11.6 Å². The van der Waals surface area contributed by atoms with Gasteiger partial charge in [0, 0.05) is 13.1 Å². The summed E-state index contributed by atoms with van der Waals surface area (Å²) in [5.41, 5.74) is 0. The summed E-state index contributed by atoms with van der Waals surface area (Å²) in [6, 6.07) is 0. The van der Waals surface area contributed by atoms with Crippen LogP contribution in [0.1, 0.15) is 46.0 Å². The van der Waals surface area contributed by atoms with Crippen molar-refractivity contribution in [2.45, 2.75) is 46.0 Å². The normalized spacial score (nSPS) is 22.6. The largest absolute Gasteiger partial charge is 0.369 e. The highest BCUT2D eigenvalue weighted by Crippen LogP contribution is 2.30. The number of halogens is 1. The fraction of sp³-hybridized carbons (Fsp3) is 0.733. The molecule has 1 saturated carbocycles. The Bertz CT molecular complexity index is 424. The molecular weight excluding hydrogens is 272 g/mol. The van der Waals surface area contributed by atoms with Gasteiger partial charge >= 0.3 is 0 Å². The molecule has 1 aliphatic carbocycles. The van der Waals surface area contributed by atoms with E-state index >= 15 is 0 Å². The van der Waals surface area contributed by atoms with Crippen LogP contribution in [0.15, 0.2) is 6.20 Å². The fourth-order valence-electron chi connectivity index (χ4n) is 2.95. The molecule has 2 unspecified atom stereocenters. The van der Waals surface area contributed by atoms with Gasteiger partial charge in [-0.25, -0.2) is 4.98 Å². The fourth-order valence-corrected chi connectivity index (χ4v) is 3.11. The number of hydrogen-bond acceptors (Lipinski definition) is 4. The molecule has 0 saturated heterocycles. The van der Waals surface area contributed by atoms with Crippen LogP contribution in [0.4, 0.5) is 11.8 Å². The molecule has 20 heavy (non-hydrogen) atoms. The molecule has 1 aromatic heterocycles. The second kappa shape index (κ2) is 7.67. The minimum absolute atomic E-state index is 0.587. The lowest BCUT2D eigenvalue weighted by Crippen LogP contribution is -2.17. The molecule has 2 N–H and O–H groups in total. The zero-order valence-corrected chi connectivity index (χ0v) is 13.2. The average molecular weight is 297 g/mol. The van der Waals surface area contributed by atoms with Crippen LogP contribution in [-0.4, -0.2) is 23.1 Å². The molecule has 1 aromatic rings. The smallest absolute Gasteiger partial charge is 0.224 e. The standard InChI is InChI=1S/C15H25ClN4/c1-3-17-15-19-10-13(16)14(20-15)18-8-7-12-6-4-5-11(2)9-12/h10-12H,3-9H2,1-2H3,(H2,17,18,19,20). The number of anilines is 2. The number of hydrogen-bond donors (Lipinski definition) is 2. The van der Waals surface area contributed by atoms with Gasteiger partial charge in [0.2, 0.25) is 5.95 Å². The van der Waals surface area contributed by atoms with Crippen molar-refractivity contribution in [2.24, 2.45) is 11.8 Å². The van der Waals surface area contributed by atoms with Gasteiger partial charge in [0.15, 0.2) is 0 Å². The Kier molecular flexibility index (Phi) is 5.89. The van der Waals surface area contributed by atoms with Gasteiger partial charge in [0.05, 0.1) is 6.20 Å². The highest BCUT2D eigenvalue weighted by atomic mass is 35.5. The number of nitrogens with one attached hydrogen (secondary N) is 2. The van der Waals surface area contributed by atoms with Crippen molar-refractivity contribution in [3.05, 3.63) is 11.2 Å². The Labute approximate surface area is 126 Å². The molecule has 5 heteroatoms. The average Bonchev–Trinajstić information content (AvgIpc) is 2.43. The summed E-state index contributed by atoms with van der Waals surface area (Å²) in [4.78, 5) is 8.54. The van der Waals surface area contributed by atoms with Gasteiger partial charge in [-0.2, -0.15) is 4.98 Å². The lowest BCUT2D eigenvalue weighted by Gasteiger charge is -2.26. The predicted molar refractivity (Wildman–Crippen MR) is 85.4 cm³/mol. The highest BCUT2D eigenvalue weighted by molar-refractivity contribution is 6.32. The van der Waals surface area contributed by atoms with Gasteiger partial charge in [-0.05, 0) is 31.6 Å². The first-order valence-corrected chi connectivity index (χ1v) is 8.07. The third-order valence-corrected chi connectivity index (χ3v) is 4.25. The van der Waals surface area contributed by atoms with E-state index in [0.717, 1.165) is 30.7 Å². The molecule has 1 fully saturated rings. The summed E-state index contributed by atoms with van der Waals surface area (Å²) >= 11 is 6.13. The molecule has 4 nitrogen and oxygen atoms in total. The predicted octanol–water partition coefficient (Wildman–Crippen LogP) is 4.19. The van der Waals surface area contributed by atoms with Crippen LogP contribution in [0.5, 0.6) is 0 Å². The van der Waals surface area contributed by atoms with Gasteiger partial charge in [-0.1, -0.05) is 37.8 Å². The molecule has 0 aromatic carbocycles. The molecule has 2 rings (SSSR count). The van der Waals surface area contributed by atoms with Crippen LogP contribution in [0.25, 0.3) is 0 Å². The topological polar surface area (TPSA) is 49.8 Å². The van der Waals surface area contributed by atoms with Gasteiger partial charge in [-0.15, -0.1) is 0 Å². The number of rotatable bonds is 6. The molecule has 0 amide bonds. The highest BCUT2D eigenvalue weighted by Gasteiger charge is 2.18. The lowest BCUT2D eigenvalue weighted by atomic mass is 9.81. The molecule has 1 heterocycles. The Hall–Kier alpha value is -1.03. The molecular formula is C15H25ClN4. The van der Waals surface area contributed by atoms with E-state index in [1.165, 1.54) is 32.1 Å². The first-order chi connectivity index (χ1) is 9.69. The maximum atomic E-state index is 6.13. The van der Waals surface area contributed by atoms with Crippen molar-refractivity contribution in [1.29, 1.82) is 0 Å². The summed E-state index contributed by atoms with van der Waals surface area (Å²) in [6.07, 6.45) is 8.35. The lowest BCUT2D eigenvalue weighted by molar-refractivity contribution is 0.274. The van der Waals surface area contributed by atoms with Crippen molar-refractivity contribution < 1.29 is 0 Å². The van der Waals surface area contributed by atoms with E-state index < -0.39 is 0 Å². The maximum Gasteiger partial charge on any atom is 0.224 e. The van der Waals surface area contributed by atoms with Gasteiger partial charge in [0.25, 0.3) is 0 Å². The summed E-state index contributed by atoms with van der Waals surface area (Å²) in [5.74, 6) is 3.10. The van der Waals surface area contributed by atoms with E-state index in [9.17, 15) is 0 Å². The van der Waals surface area contributed by atoms with Gasteiger partial charge < -0.3 is 10.6 Å². The second-order valence-electron chi connectivity index (χ2n) is 5.77. The van der Waals surface area contributed by atoms with E-state index in [0.29, 0.717) is 11.0 Å². The molecule has 0 spiro atoms. The monoisotopic (exact) mass is 296 g/mol. The molecule has 0 radical (unpaired) electrons. The van der Waals surface area contributed by atoms with Gasteiger partial charge in [0.1, 0.15) is 10.8 Å². The Morgan fingerprint density at radius 2 is 2.20 bits per heavy atom. The third kappa shape index (κ3) is 4.51. The van der Waals surface area contributed by atoms with Crippen molar-refractivity contribution in [1.82, 2.24) is 9.97 Å².